The molecule has 2 atom stereocenters. The van der Waals surface area contributed by atoms with Crippen LogP contribution in [0, 0.1) is 0 Å². The normalized spacial score (nSPS) is 42.2. The van der Waals surface area contributed by atoms with Gasteiger partial charge in [-0.25, -0.2) is 0 Å². The summed E-state index contributed by atoms with van der Waals surface area (Å²) >= 11 is 0. The number of rotatable bonds is 1. The molecule has 3 heteroatoms. The van der Waals surface area contributed by atoms with Gasteiger partial charge in [-0.15, -0.1) is 0 Å². The standard InChI is InChI=1S/C10H18N2O/c1-11-4-8-2-3-9(5-11)12(8)10-6-13-7-10/h8-10H,2-7H2,1H3. The third-order valence-corrected chi connectivity index (χ3v) is 3.76. The van der Waals surface area contributed by atoms with Gasteiger partial charge in [0.05, 0.1) is 19.3 Å². The van der Waals surface area contributed by atoms with Crippen molar-refractivity contribution in [2.45, 2.75) is 31.0 Å². The fraction of sp³-hybridized carbons (Fsp3) is 1.00. The van der Waals surface area contributed by atoms with E-state index in [1.165, 1.54) is 25.9 Å². The van der Waals surface area contributed by atoms with E-state index in [9.17, 15) is 0 Å². The second-order valence-corrected chi connectivity index (χ2v) is 4.74. The third kappa shape index (κ3) is 1.22. The van der Waals surface area contributed by atoms with Crippen molar-refractivity contribution in [3.63, 3.8) is 0 Å². The van der Waals surface area contributed by atoms with Crippen LogP contribution in [0.3, 0.4) is 0 Å². The number of nitrogens with zero attached hydrogens (tertiary/aromatic N) is 2. The summed E-state index contributed by atoms with van der Waals surface area (Å²) in [6.45, 7) is 4.51. The molecule has 0 aliphatic carbocycles. The van der Waals surface area contributed by atoms with Crippen molar-refractivity contribution >= 4 is 0 Å². The molecule has 13 heavy (non-hydrogen) atoms. The molecule has 2 bridgehead atoms. The molecular formula is C10H18N2O. The van der Waals surface area contributed by atoms with E-state index >= 15 is 0 Å². The van der Waals surface area contributed by atoms with E-state index in [1.807, 2.05) is 0 Å². The van der Waals surface area contributed by atoms with Gasteiger partial charge in [-0.05, 0) is 19.9 Å². The van der Waals surface area contributed by atoms with Crippen molar-refractivity contribution in [2.24, 2.45) is 0 Å². The highest BCUT2D eigenvalue weighted by atomic mass is 16.5. The van der Waals surface area contributed by atoms with E-state index in [-0.39, 0.29) is 0 Å². The quantitative estimate of drug-likeness (QED) is 0.574. The first kappa shape index (κ1) is 8.21. The number of likely N-dealkylation sites (N-methyl/N-ethyl adjacent to an activating group) is 1. The molecule has 3 aliphatic heterocycles. The maximum atomic E-state index is 5.28. The van der Waals surface area contributed by atoms with Gasteiger partial charge >= 0.3 is 0 Å². The Balaban J connectivity index is 1.74. The minimum Gasteiger partial charge on any atom is -0.378 e. The van der Waals surface area contributed by atoms with Gasteiger partial charge in [0.2, 0.25) is 0 Å². The van der Waals surface area contributed by atoms with E-state index in [2.05, 4.69) is 16.8 Å². The summed E-state index contributed by atoms with van der Waals surface area (Å²) in [5.41, 5.74) is 0. The van der Waals surface area contributed by atoms with Gasteiger partial charge in [0.1, 0.15) is 0 Å². The van der Waals surface area contributed by atoms with Crippen LogP contribution in [0.25, 0.3) is 0 Å². The van der Waals surface area contributed by atoms with E-state index < -0.39 is 0 Å². The van der Waals surface area contributed by atoms with Gasteiger partial charge in [0, 0.05) is 25.2 Å². The third-order valence-electron chi connectivity index (χ3n) is 3.76. The topological polar surface area (TPSA) is 15.7 Å². The molecule has 0 amide bonds. The van der Waals surface area contributed by atoms with Crippen molar-refractivity contribution in [3.05, 3.63) is 0 Å². The molecule has 3 saturated heterocycles. The molecule has 0 aromatic carbocycles. The predicted molar refractivity (Wildman–Crippen MR) is 50.8 cm³/mol. The monoisotopic (exact) mass is 182 g/mol. The number of likely N-dealkylation sites (tertiary alicyclic amines) is 1. The molecule has 0 saturated carbocycles. The second-order valence-electron chi connectivity index (χ2n) is 4.74. The molecule has 74 valence electrons. The molecule has 3 rings (SSSR count). The fourth-order valence-electron chi connectivity index (χ4n) is 3.14. The van der Waals surface area contributed by atoms with Crippen molar-refractivity contribution < 1.29 is 4.74 Å². The van der Waals surface area contributed by atoms with Gasteiger partial charge in [0.25, 0.3) is 0 Å². The molecule has 3 fully saturated rings. The molecule has 0 N–H and O–H groups in total. The predicted octanol–water partition coefficient (Wildman–Crippen LogP) is 0.164. The average Bonchev–Trinajstić information content (AvgIpc) is 2.30. The van der Waals surface area contributed by atoms with E-state index in [1.54, 1.807) is 0 Å². The van der Waals surface area contributed by atoms with E-state index in [0.717, 1.165) is 31.3 Å². The Morgan fingerprint density at radius 2 is 1.62 bits per heavy atom. The molecule has 3 aliphatic rings. The SMILES string of the molecule is CN1CC2CCC(C1)N2C1COC1. The summed E-state index contributed by atoms with van der Waals surface area (Å²) in [6, 6.07) is 2.42. The minimum absolute atomic E-state index is 0.756. The van der Waals surface area contributed by atoms with Crippen LogP contribution in [0.5, 0.6) is 0 Å². The van der Waals surface area contributed by atoms with Gasteiger partial charge in [-0.3, -0.25) is 4.90 Å². The lowest BCUT2D eigenvalue weighted by Crippen LogP contribution is -2.61. The molecular weight excluding hydrogens is 164 g/mol. The highest BCUT2D eigenvalue weighted by Crippen LogP contribution is 2.33. The van der Waals surface area contributed by atoms with Gasteiger partial charge < -0.3 is 9.64 Å². The largest absolute Gasteiger partial charge is 0.378 e. The number of ether oxygens (including phenoxy) is 1. The Morgan fingerprint density at radius 1 is 1.00 bits per heavy atom. The summed E-state index contributed by atoms with van der Waals surface area (Å²) in [4.78, 5) is 5.22. The van der Waals surface area contributed by atoms with Crippen LogP contribution >= 0.6 is 0 Å². The molecule has 0 radical (unpaired) electrons. The molecule has 0 aromatic rings. The van der Waals surface area contributed by atoms with Crippen LogP contribution in [-0.2, 0) is 4.74 Å². The van der Waals surface area contributed by atoms with Gasteiger partial charge in [-0.1, -0.05) is 0 Å². The maximum absolute atomic E-state index is 5.28. The minimum atomic E-state index is 0.756. The summed E-state index contributed by atoms with van der Waals surface area (Å²) in [5, 5.41) is 0. The number of piperazine rings is 1. The first-order chi connectivity index (χ1) is 6.34. The van der Waals surface area contributed by atoms with Crippen LogP contribution in [0.1, 0.15) is 12.8 Å². The summed E-state index contributed by atoms with van der Waals surface area (Å²) in [5.74, 6) is 0. The lowest BCUT2D eigenvalue weighted by atomic mass is 10.1. The highest BCUT2D eigenvalue weighted by Gasteiger charge is 2.44. The summed E-state index contributed by atoms with van der Waals surface area (Å²) in [7, 11) is 2.25. The Kier molecular flexibility index (Phi) is 1.86. The Hall–Kier alpha value is -0.120. The smallest absolute Gasteiger partial charge is 0.0645 e. The van der Waals surface area contributed by atoms with E-state index in [4.69, 9.17) is 4.74 Å². The Morgan fingerprint density at radius 3 is 2.08 bits per heavy atom. The first-order valence-corrected chi connectivity index (χ1v) is 5.38. The van der Waals surface area contributed by atoms with Crippen molar-refractivity contribution in [2.75, 3.05) is 33.4 Å². The summed E-state index contributed by atoms with van der Waals surface area (Å²) in [6.07, 6.45) is 2.82. The van der Waals surface area contributed by atoms with Crippen LogP contribution in [0.15, 0.2) is 0 Å². The second kappa shape index (κ2) is 2.94. The van der Waals surface area contributed by atoms with Crippen LogP contribution < -0.4 is 0 Å². The molecule has 0 aromatic heterocycles. The van der Waals surface area contributed by atoms with Crippen molar-refractivity contribution in [1.82, 2.24) is 9.80 Å². The molecule has 3 nitrogen and oxygen atoms in total. The zero-order valence-corrected chi connectivity index (χ0v) is 8.28. The van der Waals surface area contributed by atoms with E-state index in [0.29, 0.717) is 0 Å². The number of hydrogen-bond acceptors (Lipinski definition) is 3. The van der Waals surface area contributed by atoms with Crippen molar-refractivity contribution in [3.8, 4) is 0 Å². The Labute approximate surface area is 79.6 Å². The molecule has 0 spiro atoms. The van der Waals surface area contributed by atoms with Crippen LogP contribution in [-0.4, -0.2) is 61.3 Å². The zero-order chi connectivity index (χ0) is 8.84. The summed E-state index contributed by atoms with van der Waals surface area (Å²) < 4.78 is 5.28. The first-order valence-electron chi connectivity index (χ1n) is 5.38. The maximum Gasteiger partial charge on any atom is 0.0645 e. The zero-order valence-electron chi connectivity index (χ0n) is 8.28. The van der Waals surface area contributed by atoms with Gasteiger partial charge in [0.15, 0.2) is 0 Å². The lowest BCUT2D eigenvalue weighted by Gasteiger charge is -2.46. The van der Waals surface area contributed by atoms with Crippen LogP contribution in [0.4, 0.5) is 0 Å². The number of fused-ring (bicyclic) bond motifs is 2. The van der Waals surface area contributed by atoms with Crippen molar-refractivity contribution in [1.29, 1.82) is 0 Å². The lowest BCUT2D eigenvalue weighted by molar-refractivity contribution is -0.0982. The molecule has 3 heterocycles. The average molecular weight is 182 g/mol. The van der Waals surface area contributed by atoms with Crippen LogP contribution in [0.2, 0.25) is 0 Å². The number of hydrogen-bond donors (Lipinski definition) is 0. The van der Waals surface area contributed by atoms with Gasteiger partial charge in [-0.2, -0.15) is 0 Å². The highest BCUT2D eigenvalue weighted by molar-refractivity contribution is 4.99. The fourth-order valence-corrected chi connectivity index (χ4v) is 3.14. The Bertz CT molecular complexity index is 191. The molecule has 2 unspecified atom stereocenters.